The summed E-state index contributed by atoms with van der Waals surface area (Å²) >= 11 is 1.36. The van der Waals surface area contributed by atoms with Crippen molar-refractivity contribution < 1.29 is 4.79 Å². The zero-order valence-corrected chi connectivity index (χ0v) is 15.6. The molecule has 1 aliphatic rings. The third-order valence-corrected chi connectivity index (χ3v) is 5.41. The molecule has 7 heteroatoms. The van der Waals surface area contributed by atoms with E-state index in [9.17, 15) is 4.79 Å². The Hall–Kier alpha value is -1.89. The number of benzene rings is 1. The lowest BCUT2D eigenvalue weighted by Crippen LogP contribution is -2.35. The van der Waals surface area contributed by atoms with E-state index in [1.807, 2.05) is 12.1 Å². The number of thioether (sulfide) groups is 1. The average Bonchev–Trinajstić information content (AvgIpc) is 3.37. The van der Waals surface area contributed by atoms with Crippen LogP contribution in [0.25, 0.3) is 5.69 Å². The number of rotatable bonds is 9. The number of unbranched alkanes of at least 4 members (excludes halogenated alkanes) is 1. The van der Waals surface area contributed by atoms with E-state index in [1.165, 1.54) is 43.0 Å². The molecule has 0 saturated heterocycles. The van der Waals surface area contributed by atoms with Crippen molar-refractivity contribution in [2.45, 2.75) is 57.1 Å². The molecule has 2 aromatic rings. The molecule has 3 rings (SSSR count). The Morgan fingerprint density at radius 2 is 2.12 bits per heavy atom. The van der Waals surface area contributed by atoms with Crippen LogP contribution in [-0.4, -0.2) is 37.9 Å². The highest BCUT2D eigenvalue weighted by molar-refractivity contribution is 7.99. The molecule has 25 heavy (non-hydrogen) atoms. The van der Waals surface area contributed by atoms with Crippen LogP contribution in [0.4, 0.5) is 0 Å². The molecule has 1 heterocycles. The molecule has 6 nitrogen and oxygen atoms in total. The predicted molar refractivity (Wildman–Crippen MR) is 98.8 cm³/mol. The Bertz CT molecular complexity index is 696. The van der Waals surface area contributed by atoms with Crippen molar-refractivity contribution in [3.05, 3.63) is 29.8 Å². The molecule has 0 bridgehead atoms. The highest BCUT2D eigenvalue weighted by Crippen LogP contribution is 2.32. The van der Waals surface area contributed by atoms with Gasteiger partial charge in [0, 0.05) is 6.04 Å². The van der Waals surface area contributed by atoms with E-state index in [2.05, 4.69) is 46.8 Å². The molecule has 1 saturated carbocycles. The maximum absolute atomic E-state index is 12.1. The summed E-state index contributed by atoms with van der Waals surface area (Å²) in [5, 5.41) is 15.6. The van der Waals surface area contributed by atoms with E-state index < -0.39 is 0 Å². The molecule has 1 atom stereocenters. The second-order valence-corrected chi connectivity index (χ2v) is 7.57. The van der Waals surface area contributed by atoms with Crippen LogP contribution in [0.3, 0.4) is 0 Å². The summed E-state index contributed by atoms with van der Waals surface area (Å²) in [5.74, 6) is 1.02. The van der Waals surface area contributed by atoms with Gasteiger partial charge >= 0.3 is 0 Å². The van der Waals surface area contributed by atoms with Crippen LogP contribution >= 0.6 is 11.8 Å². The number of hydrogen-bond donors (Lipinski definition) is 1. The molecule has 1 aliphatic carbocycles. The van der Waals surface area contributed by atoms with Gasteiger partial charge in [0.05, 0.1) is 11.4 Å². The minimum Gasteiger partial charge on any atom is -0.353 e. The fourth-order valence-corrected chi connectivity index (χ4v) is 3.46. The largest absolute Gasteiger partial charge is 0.353 e. The van der Waals surface area contributed by atoms with E-state index >= 15 is 0 Å². The standard InChI is InChI=1S/C18H25N5OS/c1-3-4-5-14-6-10-16(11-7-14)23-18(20-21-22-23)25-12-17(24)19-13(2)15-8-9-15/h6-7,10-11,13,15H,3-5,8-9,12H2,1-2H3,(H,19,24). The third-order valence-electron chi connectivity index (χ3n) is 4.49. The number of tetrazole rings is 1. The van der Waals surface area contributed by atoms with Gasteiger partial charge in [0.15, 0.2) is 0 Å². The maximum atomic E-state index is 12.1. The van der Waals surface area contributed by atoms with Crippen LogP contribution in [0.2, 0.25) is 0 Å². The van der Waals surface area contributed by atoms with Gasteiger partial charge in [0.1, 0.15) is 0 Å². The fourth-order valence-electron chi connectivity index (χ4n) is 2.76. The normalized spacial score (nSPS) is 15.1. The van der Waals surface area contributed by atoms with Crippen molar-refractivity contribution in [3.63, 3.8) is 0 Å². The summed E-state index contributed by atoms with van der Waals surface area (Å²) in [7, 11) is 0. The van der Waals surface area contributed by atoms with Gasteiger partial charge in [0.25, 0.3) is 0 Å². The molecular weight excluding hydrogens is 334 g/mol. The van der Waals surface area contributed by atoms with Crippen LogP contribution in [0.15, 0.2) is 29.4 Å². The molecule has 0 aliphatic heterocycles. The SMILES string of the molecule is CCCCc1ccc(-n2nnnc2SCC(=O)NC(C)C2CC2)cc1. The van der Waals surface area contributed by atoms with Crippen molar-refractivity contribution in [2.24, 2.45) is 5.92 Å². The number of amides is 1. The second kappa shape index (κ2) is 8.47. The minimum atomic E-state index is 0.0360. The van der Waals surface area contributed by atoms with Gasteiger partial charge in [-0.25, -0.2) is 0 Å². The Labute approximate surface area is 152 Å². The lowest BCUT2D eigenvalue weighted by molar-refractivity contribution is -0.119. The molecule has 1 aromatic heterocycles. The molecule has 1 amide bonds. The first kappa shape index (κ1) is 17.9. The van der Waals surface area contributed by atoms with Gasteiger partial charge in [-0.15, -0.1) is 5.10 Å². The van der Waals surface area contributed by atoms with Gasteiger partial charge in [-0.3, -0.25) is 4.79 Å². The molecule has 1 aromatic carbocycles. The highest BCUT2D eigenvalue weighted by Gasteiger charge is 2.28. The van der Waals surface area contributed by atoms with Gasteiger partial charge in [-0.2, -0.15) is 4.68 Å². The summed E-state index contributed by atoms with van der Waals surface area (Å²) in [6.45, 7) is 4.27. The van der Waals surface area contributed by atoms with Gasteiger partial charge in [-0.1, -0.05) is 37.2 Å². The van der Waals surface area contributed by atoms with E-state index in [4.69, 9.17) is 0 Å². The van der Waals surface area contributed by atoms with Gasteiger partial charge in [-0.05, 0) is 66.6 Å². The van der Waals surface area contributed by atoms with E-state index in [0.29, 0.717) is 16.8 Å². The van der Waals surface area contributed by atoms with Crippen LogP contribution in [0.5, 0.6) is 0 Å². The van der Waals surface area contributed by atoms with E-state index in [1.54, 1.807) is 4.68 Å². The topological polar surface area (TPSA) is 72.7 Å². The number of carbonyl (C=O) groups excluding carboxylic acids is 1. The Kier molecular flexibility index (Phi) is 6.07. The number of nitrogens with one attached hydrogen (secondary N) is 1. The van der Waals surface area contributed by atoms with Crippen molar-refractivity contribution >= 4 is 17.7 Å². The van der Waals surface area contributed by atoms with E-state index in [-0.39, 0.29) is 11.9 Å². The highest BCUT2D eigenvalue weighted by atomic mass is 32.2. The Morgan fingerprint density at radius 3 is 2.80 bits per heavy atom. The van der Waals surface area contributed by atoms with Crippen LogP contribution in [0.1, 0.15) is 45.1 Å². The van der Waals surface area contributed by atoms with Crippen molar-refractivity contribution in [1.29, 1.82) is 0 Å². The first-order chi connectivity index (χ1) is 12.2. The number of carbonyl (C=O) groups is 1. The lowest BCUT2D eigenvalue weighted by Gasteiger charge is -2.12. The monoisotopic (exact) mass is 359 g/mol. The van der Waals surface area contributed by atoms with Crippen molar-refractivity contribution in [2.75, 3.05) is 5.75 Å². The summed E-state index contributed by atoms with van der Waals surface area (Å²) in [6.07, 6.45) is 5.92. The Balaban J connectivity index is 1.57. The zero-order valence-electron chi connectivity index (χ0n) is 14.8. The van der Waals surface area contributed by atoms with Crippen LogP contribution in [0, 0.1) is 5.92 Å². The number of aromatic nitrogens is 4. The first-order valence-corrected chi connectivity index (χ1v) is 9.95. The molecule has 0 spiro atoms. The second-order valence-electron chi connectivity index (χ2n) is 6.63. The minimum absolute atomic E-state index is 0.0360. The first-order valence-electron chi connectivity index (χ1n) is 8.97. The van der Waals surface area contributed by atoms with Gasteiger partial charge < -0.3 is 5.32 Å². The zero-order chi connectivity index (χ0) is 17.6. The molecule has 1 N–H and O–H groups in total. The molecule has 134 valence electrons. The number of aryl methyl sites for hydroxylation is 1. The maximum Gasteiger partial charge on any atom is 0.230 e. The smallest absolute Gasteiger partial charge is 0.230 e. The van der Waals surface area contributed by atoms with Crippen LogP contribution in [-0.2, 0) is 11.2 Å². The quantitative estimate of drug-likeness (QED) is 0.697. The van der Waals surface area contributed by atoms with Crippen molar-refractivity contribution in [1.82, 2.24) is 25.5 Å². The Morgan fingerprint density at radius 1 is 1.36 bits per heavy atom. The summed E-state index contributed by atoms with van der Waals surface area (Å²) in [6, 6.07) is 8.55. The lowest BCUT2D eigenvalue weighted by atomic mass is 10.1. The third kappa shape index (κ3) is 5.04. The molecule has 1 fully saturated rings. The average molecular weight is 359 g/mol. The summed E-state index contributed by atoms with van der Waals surface area (Å²) in [4.78, 5) is 12.1. The number of nitrogens with zero attached hydrogens (tertiary/aromatic N) is 4. The molecule has 1 unspecified atom stereocenters. The van der Waals surface area contributed by atoms with Crippen molar-refractivity contribution in [3.8, 4) is 5.69 Å². The van der Waals surface area contributed by atoms with Crippen LogP contribution < -0.4 is 5.32 Å². The predicted octanol–water partition coefficient (Wildman–Crippen LogP) is 3.01. The number of hydrogen-bond acceptors (Lipinski definition) is 5. The molecule has 0 radical (unpaired) electrons. The fraction of sp³-hybridized carbons (Fsp3) is 0.556. The summed E-state index contributed by atoms with van der Waals surface area (Å²) < 4.78 is 1.69. The molecular formula is C18H25N5OS. The van der Waals surface area contributed by atoms with E-state index in [0.717, 1.165) is 12.1 Å². The van der Waals surface area contributed by atoms with Gasteiger partial charge in [0.2, 0.25) is 11.1 Å². The summed E-state index contributed by atoms with van der Waals surface area (Å²) in [5.41, 5.74) is 2.24.